The Balaban J connectivity index is 2.95. The van der Waals surface area contributed by atoms with Crippen molar-refractivity contribution in [1.29, 1.82) is 0 Å². The van der Waals surface area contributed by atoms with Crippen molar-refractivity contribution in [2.75, 3.05) is 0 Å². The molecule has 0 saturated heterocycles. The van der Waals surface area contributed by atoms with Crippen molar-refractivity contribution in [2.24, 2.45) is 5.73 Å². The van der Waals surface area contributed by atoms with Crippen LogP contribution in [-0.4, -0.2) is 21.0 Å². The van der Waals surface area contributed by atoms with Crippen LogP contribution in [0.4, 0.5) is 0 Å². The molecule has 0 spiro atoms. The molecule has 0 amide bonds. The van der Waals surface area contributed by atoms with Crippen molar-refractivity contribution in [3.05, 3.63) is 23.8 Å². The van der Waals surface area contributed by atoms with Crippen LogP contribution in [0.5, 0.6) is 0 Å². The summed E-state index contributed by atoms with van der Waals surface area (Å²) < 4.78 is 0. The first-order valence-corrected chi connectivity index (χ1v) is 3.39. The van der Waals surface area contributed by atoms with Gasteiger partial charge in [-0.25, -0.2) is 9.97 Å². The third-order valence-corrected chi connectivity index (χ3v) is 1.36. The molecule has 64 valence electrons. The smallest absolute Gasteiger partial charge is 0.328 e. The van der Waals surface area contributed by atoms with Gasteiger partial charge in [-0.15, -0.1) is 0 Å². The van der Waals surface area contributed by atoms with Crippen LogP contribution in [0.25, 0.3) is 0 Å². The minimum Gasteiger partial charge on any atom is -0.480 e. The van der Waals surface area contributed by atoms with Crippen molar-refractivity contribution < 1.29 is 9.90 Å². The number of aryl methyl sites for hydroxylation is 1. The molecule has 1 rings (SSSR count). The molecule has 0 radical (unpaired) electrons. The van der Waals surface area contributed by atoms with Gasteiger partial charge in [0.1, 0.15) is 0 Å². The van der Waals surface area contributed by atoms with E-state index in [2.05, 4.69) is 9.97 Å². The van der Waals surface area contributed by atoms with E-state index >= 15 is 0 Å². The van der Waals surface area contributed by atoms with Crippen LogP contribution >= 0.6 is 0 Å². The lowest BCUT2D eigenvalue weighted by Gasteiger charge is -2.03. The Hall–Kier alpha value is -1.49. The summed E-state index contributed by atoms with van der Waals surface area (Å²) in [5, 5.41) is 8.52. The Morgan fingerprint density at radius 3 is 2.92 bits per heavy atom. The first-order valence-electron chi connectivity index (χ1n) is 3.39. The van der Waals surface area contributed by atoms with Gasteiger partial charge in [0.15, 0.2) is 11.9 Å². The molecule has 1 unspecified atom stereocenters. The lowest BCUT2D eigenvalue weighted by molar-refractivity contribution is -0.138. The van der Waals surface area contributed by atoms with Crippen molar-refractivity contribution in [3.8, 4) is 0 Å². The molecule has 0 fully saturated rings. The zero-order valence-corrected chi connectivity index (χ0v) is 6.56. The molecule has 1 aromatic heterocycles. The Kier molecular flexibility index (Phi) is 2.35. The Morgan fingerprint density at radius 1 is 1.75 bits per heavy atom. The number of carbonyl (C=O) groups is 1. The maximum Gasteiger partial charge on any atom is 0.328 e. The summed E-state index contributed by atoms with van der Waals surface area (Å²) in [4.78, 5) is 18.0. The van der Waals surface area contributed by atoms with Gasteiger partial charge in [-0.05, 0) is 13.0 Å². The average Bonchev–Trinajstić information content (AvgIpc) is 2.03. The molecular formula is C7H9N3O2. The summed E-state index contributed by atoms with van der Waals surface area (Å²) in [6.45, 7) is 1.75. The summed E-state index contributed by atoms with van der Waals surface area (Å²) in [5.74, 6) is -0.983. The highest BCUT2D eigenvalue weighted by Crippen LogP contribution is 2.03. The molecule has 1 heterocycles. The maximum atomic E-state index is 10.4. The van der Waals surface area contributed by atoms with Gasteiger partial charge < -0.3 is 10.8 Å². The molecule has 1 atom stereocenters. The molecule has 0 aliphatic carbocycles. The van der Waals surface area contributed by atoms with E-state index < -0.39 is 12.0 Å². The number of aliphatic carboxylic acids is 1. The van der Waals surface area contributed by atoms with E-state index in [0.29, 0.717) is 5.69 Å². The van der Waals surface area contributed by atoms with Gasteiger partial charge in [0.05, 0.1) is 0 Å². The maximum absolute atomic E-state index is 10.4. The first kappa shape index (κ1) is 8.61. The summed E-state index contributed by atoms with van der Waals surface area (Å²) in [7, 11) is 0. The summed E-state index contributed by atoms with van der Waals surface area (Å²) in [5.41, 5.74) is 5.99. The first-order chi connectivity index (χ1) is 5.61. The molecule has 3 N–H and O–H groups in total. The molecule has 0 aromatic carbocycles. The van der Waals surface area contributed by atoms with E-state index in [1.165, 1.54) is 6.20 Å². The number of nitrogens with two attached hydrogens (primary N) is 1. The van der Waals surface area contributed by atoms with E-state index in [0.717, 1.165) is 0 Å². The fraction of sp³-hybridized carbons (Fsp3) is 0.286. The van der Waals surface area contributed by atoms with E-state index in [9.17, 15) is 4.79 Å². The quantitative estimate of drug-likeness (QED) is 0.640. The van der Waals surface area contributed by atoms with Gasteiger partial charge in [0.25, 0.3) is 0 Å². The number of hydrogen-bond acceptors (Lipinski definition) is 4. The van der Waals surface area contributed by atoms with E-state index in [-0.39, 0.29) is 5.82 Å². The summed E-state index contributed by atoms with van der Waals surface area (Å²) >= 11 is 0. The molecule has 0 aliphatic heterocycles. The van der Waals surface area contributed by atoms with Crippen LogP contribution in [0.15, 0.2) is 12.3 Å². The molecule has 12 heavy (non-hydrogen) atoms. The van der Waals surface area contributed by atoms with E-state index in [4.69, 9.17) is 10.8 Å². The van der Waals surface area contributed by atoms with Gasteiger partial charge in [0.2, 0.25) is 0 Å². The second-order valence-corrected chi connectivity index (χ2v) is 2.37. The largest absolute Gasteiger partial charge is 0.480 e. The van der Waals surface area contributed by atoms with Crippen LogP contribution in [-0.2, 0) is 4.79 Å². The van der Waals surface area contributed by atoms with E-state index in [1.807, 2.05) is 0 Å². The lowest BCUT2D eigenvalue weighted by Crippen LogP contribution is -2.23. The summed E-state index contributed by atoms with van der Waals surface area (Å²) in [6.07, 6.45) is 1.49. The Morgan fingerprint density at radius 2 is 2.42 bits per heavy atom. The second-order valence-electron chi connectivity index (χ2n) is 2.37. The number of carboxylic acid groups (broad SMARTS) is 1. The van der Waals surface area contributed by atoms with Crippen LogP contribution in [0.1, 0.15) is 17.6 Å². The average molecular weight is 167 g/mol. The van der Waals surface area contributed by atoms with Gasteiger partial charge in [0, 0.05) is 11.9 Å². The topological polar surface area (TPSA) is 89.1 Å². The van der Waals surface area contributed by atoms with E-state index in [1.54, 1.807) is 13.0 Å². The van der Waals surface area contributed by atoms with Gasteiger partial charge >= 0.3 is 5.97 Å². The molecule has 5 heteroatoms. The zero-order valence-electron chi connectivity index (χ0n) is 6.56. The minimum absolute atomic E-state index is 0.141. The molecule has 0 bridgehead atoms. The SMILES string of the molecule is Cc1ccnc(C(N)C(=O)O)n1. The predicted molar refractivity (Wildman–Crippen MR) is 41.3 cm³/mol. The fourth-order valence-electron chi connectivity index (χ4n) is 0.729. The number of rotatable bonds is 2. The standard InChI is InChI=1S/C7H9N3O2/c1-4-2-3-9-6(10-4)5(8)7(11)12/h2-3,5H,8H2,1H3,(H,11,12). The molecular weight excluding hydrogens is 158 g/mol. The minimum atomic E-state index is -1.13. The number of hydrogen-bond donors (Lipinski definition) is 2. The van der Waals surface area contributed by atoms with Crippen LogP contribution in [0, 0.1) is 6.92 Å². The third kappa shape index (κ3) is 1.76. The Labute approximate surface area is 69.3 Å². The molecule has 5 nitrogen and oxygen atoms in total. The Bertz CT molecular complexity index is 300. The monoisotopic (exact) mass is 167 g/mol. The van der Waals surface area contributed by atoms with Gasteiger partial charge in [-0.1, -0.05) is 0 Å². The van der Waals surface area contributed by atoms with Crippen molar-refractivity contribution in [1.82, 2.24) is 9.97 Å². The molecule has 1 aromatic rings. The second kappa shape index (κ2) is 3.27. The highest BCUT2D eigenvalue weighted by atomic mass is 16.4. The molecule has 0 aliphatic rings. The number of carboxylic acids is 1. The number of aromatic nitrogens is 2. The van der Waals surface area contributed by atoms with Gasteiger partial charge in [-0.2, -0.15) is 0 Å². The van der Waals surface area contributed by atoms with Crippen LogP contribution in [0.2, 0.25) is 0 Å². The van der Waals surface area contributed by atoms with Crippen molar-refractivity contribution in [3.63, 3.8) is 0 Å². The normalized spacial score (nSPS) is 12.5. The third-order valence-electron chi connectivity index (χ3n) is 1.36. The van der Waals surface area contributed by atoms with Crippen LogP contribution in [0.3, 0.4) is 0 Å². The van der Waals surface area contributed by atoms with Crippen molar-refractivity contribution >= 4 is 5.97 Å². The van der Waals surface area contributed by atoms with Gasteiger partial charge in [-0.3, -0.25) is 4.79 Å². The van der Waals surface area contributed by atoms with Crippen LogP contribution < -0.4 is 5.73 Å². The highest BCUT2D eigenvalue weighted by Gasteiger charge is 2.16. The highest BCUT2D eigenvalue weighted by molar-refractivity contribution is 5.73. The number of nitrogens with zero attached hydrogens (tertiary/aromatic N) is 2. The fourth-order valence-corrected chi connectivity index (χ4v) is 0.729. The lowest BCUT2D eigenvalue weighted by atomic mass is 10.3. The predicted octanol–water partition coefficient (Wildman–Crippen LogP) is -0.131. The zero-order chi connectivity index (χ0) is 9.14. The summed E-state index contributed by atoms with van der Waals surface area (Å²) in [6, 6.07) is 0.544. The molecule has 0 saturated carbocycles. The van der Waals surface area contributed by atoms with Crippen molar-refractivity contribution in [2.45, 2.75) is 13.0 Å².